The van der Waals surface area contributed by atoms with Crippen LogP contribution in [0.4, 0.5) is 10.2 Å². The summed E-state index contributed by atoms with van der Waals surface area (Å²) in [5.41, 5.74) is 5.29. The fourth-order valence-electron chi connectivity index (χ4n) is 3.68. The number of benzene rings is 2. The van der Waals surface area contributed by atoms with Crippen molar-refractivity contribution in [3.8, 4) is 17.4 Å². The molecule has 0 atom stereocenters. The van der Waals surface area contributed by atoms with Crippen molar-refractivity contribution in [2.24, 2.45) is 0 Å². The second kappa shape index (κ2) is 9.49. The molecule has 0 radical (unpaired) electrons. The Morgan fingerprint density at radius 3 is 2.65 bits per heavy atom. The highest BCUT2D eigenvalue weighted by molar-refractivity contribution is 7.99. The topological polar surface area (TPSA) is 101 Å². The van der Waals surface area contributed by atoms with Gasteiger partial charge in [0, 0.05) is 5.69 Å². The van der Waals surface area contributed by atoms with Crippen LogP contribution < -0.4 is 5.32 Å². The SMILES string of the molecule is Cc1cccc(-n2nnnc2SCC(=O)Nc2c(C#N)c(C)c(C)n2-c2cccc(F)c2)c1C. The first kappa shape index (κ1) is 23.2. The zero-order chi connectivity index (χ0) is 24.4. The summed E-state index contributed by atoms with van der Waals surface area (Å²) in [5, 5.41) is 24.9. The van der Waals surface area contributed by atoms with E-state index in [2.05, 4.69) is 26.9 Å². The molecule has 4 aromatic rings. The lowest BCUT2D eigenvalue weighted by Crippen LogP contribution is -2.18. The van der Waals surface area contributed by atoms with Gasteiger partial charge in [0.15, 0.2) is 0 Å². The van der Waals surface area contributed by atoms with Gasteiger partial charge in [-0.05, 0) is 79.1 Å². The highest BCUT2D eigenvalue weighted by atomic mass is 32.2. The van der Waals surface area contributed by atoms with Crippen LogP contribution >= 0.6 is 11.8 Å². The predicted octanol–water partition coefficient (Wildman–Crippen LogP) is 4.43. The van der Waals surface area contributed by atoms with Crippen LogP contribution in [0.5, 0.6) is 0 Å². The van der Waals surface area contributed by atoms with Gasteiger partial charge in [0.05, 0.1) is 22.7 Å². The number of hydrogen-bond donors (Lipinski definition) is 1. The van der Waals surface area contributed by atoms with Gasteiger partial charge in [-0.1, -0.05) is 30.0 Å². The average molecular weight is 476 g/mol. The largest absolute Gasteiger partial charge is 0.310 e. The molecule has 0 saturated carbocycles. The second-order valence-electron chi connectivity index (χ2n) is 7.79. The van der Waals surface area contributed by atoms with Gasteiger partial charge in [-0.15, -0.1) is 5.10 Å². The summed E-state index contributed by atoms with van der Waals surface area (Å²) in [7, 11) is 0. The molecular formula is C24H22FN7OS. The third-order valence-corrected chi connectivity index (χ3v) is 6.65. The van der Waals surface area contributed by atoms with Crippen molar-refractivity contribution in [1.29, 1.82) is 5.26 Å². The van der Waals surface area contributed by atoms with E-state index in [9.17, 15) is 14.4 Å². The number of halogens is 1. The molecular weight excluding hydrogens is 453 g/mol. The van der Waals surface area contributed by atoms with Crippen LogP contribution in [0.15, 0.2) is 47.6 Å². The standard InChI is InChI=1S/C24H22FN7OS/c1-14-7-5-10-21(15(14)2)32-24(28-29-30-32)34-13-22(33)27-23-20(12-26)16(3)17(4)31(23)19-9-6-8-18(25)11-19/h5-11H,13H2,1-4H3,(H,27,33). The number of amides is 1. The summed E-state index contributed by atoms with van der Waals surface area (Å²) in [6.07, 6.45) is 0. The molecule has 0 aliphatic heterocycles. The van der Waals surface area contributed by atoms with Crippen molar-refractivity contribution >= 4 is 23.5 Å². The van der Waals surface area contributed by atoms with Crippen LogP contribution in [0.25, 0.3) is 11.4 Å². The third-order valence-electron chi connectivity index (χ3n) is 5.73. The van der Waals surface area contributed by atoms with Gasteiger partial charge in [0.25, 0.3) is 0 Å². The molecule has 34 heavy (non-hydrogen) atoms. The number of anilines is 1. The maximum Gasteiger partial charge on any atom is 0.236 e. The number of carbonyl (C=O) groups excluding carboxylic acids is 1. The van der Waals surface area contributed by atoms with Crippen LogP contribution in [0, 0.1) is 44.8 Å². The number of rotatable bonds is 6. The number of carbonyl (C=O) groups is 1. The monoisotopic (exact) mass is 475 g/mol. The number of nitrogens with zero attached hydrogens (tertiary/aromatic N) is 6. The second-order valence-corrected chi connectivity index (χ2v) is 8.73. The molecule has 1 N–H and O–H groups in total. The summed E-state index contributed by atoms with van der Waals surface area (Å²) in [4.78, 5) is 12.9. The molecule has 0 aliphatic carbocycles. The highest BCUT2D eigenvalue weighted by Crippen LogP contribution is 2.30. The summed E-state index contributed by atoms with van der Waals surface area (Å²) >= 11 is 1.18. The maximum absolute atomic E-state index is 13.9. The number of tetrazole rings is 1. The molecule has 1 amide bonds. The van der Waals surface area contributed by atoms with Crippen LogP contribution in [-0.2, 0) is 4.79 Å². The van der Waals surface area contributed by atoms with E-state index in [4.69, 9.17) is 0 Å². The fraction of sp³-hybridized carbons (Fsp3) is 0.208. The lowest BCUT2D eigenvalue weighted by molar-refractivity contribution is -0.113. The normalized spacial score (nSPS) is 10.8. The van der Waals surface area contributed by atoms with Crippen LogP contribution in [-0.4, -0.2) is 36.4 Å². The van der Waals surface area contributed by atoms with E-state index < -0.39 is 5.82 Å². The molecule has 172 valence electrons. The van der Waals surface area contributed by atoms with Gasteiger partial charge >= 0.3 is 0 Å². The Morgan fingerprint density at radius 1 is 1.15 bits per heavy atom. The minimum Gasteiger partial charge on any atom is -0.310 e. The third kappa shape index (κ3) is 4.30. The molecule has 4 rings (SSSR count). The number of nitriles is 1. The van der Waals surface area contributed by atoms with Crippen molar-refractivity contribution in [3.63, 3.8) is 0 Å². The maximum atomic E-state index is 13.9. The van der Waals surface area contributed by atoms with Crippen molar-refractivity contribution < 1.29 is 9.18 Å². The van der Waals surface area contributed by atoms with Crippen LogP contribution in [0.2, 0.25) is 0 Å². The molecule has 0 unspecified atom stereocenters. The Morgan fingerprint density at radius 2 is 1.91 bits per heavy atom. The van der Waals surface area contributed by atoms with Gasteiger partial charge in [0.1, 0.15) is 17.7 Å². The highest BCUT2D eigenvalue weighted by Gasteiger charge is 2.22. The number of aryl methyl sites for hydroxylation is 1. The fourth-order valence-corrected chi connectivity index (χ4v) is 4.37. The molecule has 2 aromatic carbocycles. The molecule has 2 aromatic heterocycles. The Kier molecular flexibility index (Phi) is 6.47. The molecule has 0 spiro atoms. The molecule has 10 heteroatoms. The smallest absolute Gasteiger partial charge is 0.236 e. The van der Waals surface area contributed by atoms with Gasteiger partial charge in [-0.2, -0.15) is 9.94 Å². The Balaban J connectivity index is 1.59. The van der Waals surface area contributed by atoms with Gasteiger partial charge in [0.2, 0.25) is 11.1 Å². The van der Waals surface area contributed by atoms with Crippen molar-refractivity contribution in [1.82, 2.24) is 24.8 Å². The summed E-state index contributed by atoms with van der Waals surface area (Å²) in [5.74, 6) is -0.425. The zero-order valence-electron chi connectivity index (χ0n) is 19.1. The Hall–Kier alpha value is -3.97. The van der Waals surface area contributed by atoms with E-state index in [1.807, 2.05) is 39.0 Å². The number of thioether (sulfide) groups is 1. The Labute approximate surface area is 200 Å². The molecule has 0 bridgehead atoms. The first-order chi connectivity index (χ1) is 16.3. The van der Waals surface area contributed by atoms with E-state index >= 15 is 0 Å². The van der Waals surface area contributed by atoms with E-state index in [-0.39, 0.29) is 11.7 Å². The molecule has 0 saturated heterocycles. The summed E-state index contributed by atoms with van der Waals surface area (Å²) in [6, 6.07) is 14.0. The summed E-state index contributed by atoms with van der Waals surface area (Å²) < 4.78 is 17.2. The van der Waals surface area contributed by atoms with Crippen molar-refractivity contribution in [2.45, 2.75) is 32.9 Å². The first-order valence-corrected chi connectivity index (χ1v) is 11.5. The lowest BCUT2D eigenvalue weighted by atomic mass is 10.1. The van der Waals surface area contributed by atoms with Crippen molar-refractivity contribution in [2.75, 3.05) is 11.1 Å². The van der Waals surface area contributed by atoms with Crippen LogP contribution in [0.1, 0.15) is 27.9 Å². The van der Waals surface area contributed by atoms with E-state index in [0.29, 0.717) is 27.8 Å². The molecule has 0 aliphatic rings. The zero-order valence-corrected chi connectivity index (χ0v) is 19.9. The van der Waals surface area contributed by atoms with Crippen molar-refractivity contribution in [3.05, 3.63) is 76.2 Å². The van der Waals surface area contributed by atoms with E-state index in [1.165, 1.54) is 23.9 Å². The van der Waals surface area contributed by atoms with Gasteiger partial charge in [-0.25, -0.2) is 4.39 Å². The van der Waals surface area contributed by atoms with Crippen LogP contribution in [0.3, 0.4) is 0 Å². The lowest BCUT2D eigenvalue weighted by Gasteiger charge is -2.13. The molecule has 8 nitrogen and oxygen atoms in total. The number of hydrogen-bond acceptors (Lipinski definition) is 6. The minimum absolute atomic E-state index is 0.0164. The minimum atomic E-state index is -0.409. The quantitative estimate of drug-likeness (QED) is 0.414. The Bertz CT molecular complexity index is 1430. The molecule has 2 heterocycles. The van der Waals surface area contributed by atoms with Gasteiger partial charge in [-0.3, -0.25) is 9.36 Å². The van der Waals surface area contributed by atoms with Gasteiger partial charge < -0.3 is 5.32 Å². The number of nitrogens with one attached hydrogen (secondary N) is 1. The average Bonchev–Trinajstić information content (AvgIpc) is 3.36. The van der Waals surface area contributed by atoms with E-state index in [0.717, 1.165) is 22.5 Å². The predicted molar refractivity (Wildman–Crippen MR) is 128 cm³/mol. The summed E-state index contributed by atoms with van der Waals surface area (Å²) in [6.45, 7) is 7.62. The first-order valence-electron chi connectivity index (χ1n) is 10.5. The molecule has 0 fully saturated rings. The number of aromatic nitrogens is 5. The van der Waals surface area contributed by atoms with E-state index in [1.54, 1.807) is 28.3 Å².